The van der Waals surface area contributed by atoms with Gasteiger partial charge in [-0.15, -0.1) is 11.3 Å². The van der Waals surface area contributed by atoms with Crippen LogP contribution in [-0.4, -0.2) is 9.97 Å². The first-order chi connectivity index (χ1) is 12.0. The second kappa shape index (κ2) is 6.87. The van der Waals surface area contributed by atoms with Gasteiger partial charge < -0.3 is 0 Å². The van der Waals surface area contributed by atoms with E-state index in [4.69, 9.17) is 0 Å². The van der Waals surface area contributed by atoms with Gasteiger partial charge in [-0.25, -0.2) is 4.98 Å². The molecule has 1 aromatic carbocycles. The highest BCUT2D eigenvalue weighted by molar-refractivity contribution is 7.13. The van der Waals surface area contributed by atoms with Gasteiger partial charge in [0.15, 0.2) is 0 Å². The van der Waals surface area contributed by atoms with Crippen LogP contribution in [0.2, 0.25) is 0 Å². The zero-order valence-electron chi connectivity index (χ0n) is 12.7. The summed E-state index contributed by atoms with van der Waals surface area (Å²) >= 11 is 1.42. The molecule has 0 amide bonds. The molecule has 0 saturated carbocycles. The Labute approximate surface area is 145 Å². The lowest BCUT2D eigenvalue weighted by Crippen LogP contribution is -2.05. The second-order valence-electron chi connectivity index (χ2n) is 5.04. The van der Waals surface area contributed by atoms with Gasteiger partial charge in [-0.2, -0.15) is 18.4 Å². The molecule has 124 valence electrons. The molecule has 3 nitrogen and oxygen atoms in total. The van der Waals surface area contributed by atoms with Gasteiger partial charge in [-0.3, -0.25) is 4.98 Å². The highest BCUT2D eigenvalue weighted by Gasteiger charge is 2.30. The smallest absolute Gasteiger partial charge is 0.255 e. The van der Waals surface area contributed by atoms with Gasteiger partial charge in [0.2, 0.25) is 0 Å². The third kappa shape index (κ3) is 3.92. The van der Waals surface area contributed by atoms with E-state index in [0.717, 1.165) is 22.8 Å². The van der Waals surface area contributed by atoms with Crippen molar-refractivity contribution in [3.8, 4) is 16.6 Å². The van der Waals surface area contributed by atoms with Crippen molar-refractivity contribution in [3.63, 3.8) is 0 Å². The van der Waals surface area contributed by atoms with Gasteiger partial charge in [-0.1, -0.05) is 30.3 Å². The zero-order valence-corrected chi connectivity index (χ0v) is 13.5. The van der Waals surface area contributed by atoms with E-state index >= 15 is 0 Å². The van der Waals surface area contributed by atoms with E-state index in [1.165, 1.54) is 23.5 Å². The molecule has 0 aliphatic carbocycles. The van der Waals surface area contributed by atoms with Crippen molar-refractivity contribution in [2.75, 3.05) is 0 Å². The van der Waals surface area contributed by atoms with Crippen molar-refractivity contribution in [2.45, 2.75) is 6.18 Å². The topological polar surface area (TPSA) is 49.6 Å². The summed E-state index contributed by atoms with van der Waals surface area (Å²) in [5.41, 5.74) is 0.984. The van der Waals surface area contributed by atoms with Gasteiger partial charge in [0.05, 0.1) is 22.5 Å². The lowest BCUT2D eigenvalue weighted by molar-refractivity contribution is -0.137. The Bertz CT molecular complexity index is 936. The highest BCUT2D eigenvalue weighted by atomic mass is 32.1. The van der Waals surface area contributed by atoms with Crippen LogP contribution >= 0.6 is 11.3 Å². The average molecular weight is 357 g/mol. The van der Waals surface area contributed by atoms with Gasteiger partial charge in [-0.05, 0) is 18.2 Å². The van der Waals surface area contributed by atoms with E-state index < -0.39 is 11.7 Å². The Kier molecular flexibility index (Phi) is 4.63. The van der Waals surface area contributed by atoms with E-state index in [1.54, 1.807) is 5.38 Å². The van der Waals surface area contributed by atoms with Crippen molar-refractivity contribution in [1.82, 2.24) is 9.97 Å². The first-order valence-electron chi connectivity index (χ1n) is 7.14. The number of hydrogen-bond acceptors (Lipinski definition) is 4. The number of hydrogen-bond donors (Lipinski definition) is 0. The number of benzene rings is 1. The predicted octanol–water partition coefficient (Wildman–Crippen LogP) is 5.29. The first-order valence-corrected chi connectivity index (χ1v) is 8.02. The van der Waals surface area contributed by atoms with Crippen LogP contribution in [0.5, 0.6) is 0 Å². The number of halogens is 3. The van der Waals surface area contributed by atoms with Crippen LogP contribution in [0, 0.1) is 11.3 Å². The average Bonchev–Trinajstić information content (AvgIpc) is 3.08. The fourth-order valence-corrected chi connectivity index (χ4v) is 2.88. The lowest BCUT2D eigenvalue weighted by atomic mass is 10.1. The van der Waals surface area contributed by atoms with Gasteiger partial charge in [0.1, 0.15) is 11.1 Å². The van der Waals surface area contributed by atoms with Crippen molar-refractivity contribution in [1.29, 1.82) is 5.26 Å². The van der Waals surface area contributed by atoms with Crippen LogP contribution in [0.1, 0.15) is 17.0 Å². The van der Waals surface area contributed by atoms with Crippen molar-refractivity contribution >= 4 is 23.0 Å². The molecule has 0 radical (unpaired) electrons. The summed E-state index contributed by atoms with van der Waals surface area (Å²) in [5, 5.41) is 11.9. The molecule has 0 bridgehead atoms. The molecule has 0 spiro atoms. The summed E-state index contributed by atoms with van der Waals surface area (Å²) in [6, 6.07) is 13.6. The summed E-state index contributed by atoms with van der Waals surface area (Å²) in [5.74, 6) is 0. The molecule has 0 aliphatic rings. The molecule has 0 saturated heterocycles. The molecule has 0 atom stereocenters. The van der Waals surface area contributed by atoms with Crippen molar-refractivity contribution in [3.05, 3.63) is 71.0 Å². The van der Waals surface area contributed by atoms with E-state index in [2.05, 4.69) is 9.97 Å². The van der Waals surface area contributed by atoms with Crippen LogP contribution in [0.4, 0.5) is 13.2 Å². The van der Waals surface area contributed by atoms with Crippen LogP contribution < -0.4 is 0 Å². The summed E-state index contributed by atoms with van der Waals surface area (Å²) in [4.78, 5) is 8.18. The van der Waals surface area contributed by atoms with E-state index in [-0.39, 0.29) is 11.3 Å². The standard InChI is InChI=1S/C18H10F3N3S/c19-18(20,21)14-6-7-16(23-10-14)13(9-22)8-15-11-25-17(24-15)12-4-2-1-3-5-12/h1-8,10-11H/b13-8+. The van der Waals surface area contributed by atoms with Crippen LogP contribution in [0.25, 0.3) is 22.2 Å². The van der Waals surface area contributed by atoms with Crippen molar-refractivity contribution in [2.24, 2.45) is 0 Å². The summed E-state index contributed by atoms with van der Waals surface area (Å²) in [6.45, 7) is 0. The molecule has 3 rings (SSSR count). The Balaban J connectivity index is 1.89. The van der Waals surface area contributed by atoms with E-state index in [1.807, 2.05) is 36.4 Å². The maximum atomic E-state index is 12.6. The number of allylic oxidation sites excluding steroid dienone is 1. The number of alkyl halides is 3. The number of thiazole rings is 1. The molecule has 7 heteroatoms. The first kappa shape index (κ1) is 16.9. The number of pyridine rings is 1. The summed E-state index contributed by atoms with van der Waals surface area (Å²) in [6.07, 6.45) is -2.23. The second-order valence-corrected chi connectivity index (χ2v) is 5.90. The maximum absolute atomic E-state index is 12.6. The minimum absolute atomic E-state index is 0.152. The van der Waals surface area contributed by atoms with Gasteiger partial charge in [0.25, 0.3) is 0 Å². The normalized spacial score (nSPS) is 12.0. The molecule has 25 heavy (non-hydrogen) atoms. The Hall–Kier alpha value is -2.98. The highest BCUT2D eigenvalue weighted by Crippen LogP contribution is 2.29. The third-order valence-corrected chi connectivity index (χ3v) is 4.23. The number of rotatable bonds is 3. The molecule has 0 fully saturated rings. The fraction of sp³-hybridized carbons (Fsp3) is 0.0556. The molecule has 2 aromatic heterocycles. The molecule has 0 aliphatic heterocycles. The maximum Gasteiger partial charge on any atom is 0.417 e. The van der Waals surface area contributed by atoms with Gasteiger partial charge in [0, 0.05) is 17.1 Å². The molecule has 2 heterocycles. The molecule has 0 unspecified atom stereocenters. The number of nitriles is 1. The zero-order chi connectivity index (χ0) is 17.9. The molecular formula is C18H10F3N3S. The third-order valence-electron chi connectivity index (χ3n) is 3.32. The predicted molar refractivity (Wildman–Crippen MR) is 90.3 cm³/mol. The fourth-order valence-electron chi connectivity index (χ4n) is 2.10. The minimum atomic E-state index is -4.46. The Morgan fingerprint density at radius 2 is 1.88 bits per heavy atom. The SMILES string of the molecule is N#C/C(=C\c1csc(-c2ccccc2)n1)c1ccc(C(F)(F)F)cn1. The van der Waals surface area contributed by atoms with Crippen LogP contribution in [0.15, 0.2) is 54.0 Å². The quantitative estimate of drug-likeness (QED) is 0.599. The Morgan fingerprint density at radius 3 is 2.48 bits per heavy atom. The molecule has 0 N–H and O–H groups in total. The summed E-state index contributed by atoms with van der Waals surface area (Å²) < 4.78 is 37.8. The monoisotopic (exact) mass is 357 g/mol. The van der Waals surface area contributed by atoms with E-state index in [0.29, 0.717) is 5.69 Å². The van der Waals surface area contributed by atoms with Crippen molar-refractivity contribution < 1.29 is 13.2 Å². The van der Waals surface area contributed by atoms with Gasteiger partial charge >= 0.3 is 6.18 Å². The van der Waals surface area contributed by atoms with Crippen LogP contribution in [0.3, 0.4) is 0 Å². The minimum Gasteiger partial charge on any atom is -0.255 e. The largest absolute Gasteiger partial charge is 0.417 e. The summed E-state index contributed by atoms with van der Waals surface area (Å²) in [7, 11) is 0. The molecule has 3 aromatic rings. The van der Waals surface area contributed by atoms with Crippen LogP contribution in [-0.2, 0) is 6.18 Å². The van der Waals surface area contributed by atoms with E-state index in [9.17, 15) is 18.4 Å². The number of aromatic nitrogens is 2. The number of nitrogens with zero attached hydrogens (tertiary/aromatic N) is 3. The lowest BCUT2D eigenvalue weighted by Gasteiger charge is -2.06. The Morgan fingerprint density at radius 1 is 1.12 bits per heavy atom. The molecular weight excluding hydrogens is 347 g/mol.